The molecule has 1 N–H and O–H groups in total. The standard InChI is InChI=1S/C16H27NO4/c1-12(2)15(14(18)19)7-8-17(11-15)13-3-5-16(6-4-13)20-9-10-21-16/h12-13H,3-11H2,1-2H3,(H,18,19). The molecule has 2 saturated heterocycles. The van der Waals surface area contributed by atoms with E-state index in [9.17, 15) is 9.90 Å². The van der Waals surface area contributed by atoms with Crippen LogP contribution in [0.15, 0.2) is 0 Å². The second kappa shape index (κ2) is 5.52. The van der Waals surface area contributed by atoms with Crippen LogP contribution in [0.4, 0.5) is 0 Å². The molecule has 0 bridgehead atoms. The first kappa shape index (κ1) is 15.3. The van der Waals surface area contributed by atoms with E-state index in [-0.39, 0.29) is 11.7 Å². The Labute approximate surface area is 126 Å². The maximum absolute atomic E-state index is 11.7. The zero-order chi connectivity index (χ0) is 15.1. The van der Waals surface area contributed by atoms with Gasteiger partial charge in [0, 0.05) is 25.4 Å². The Bertz CT molecular complexity index is 395. The van der Waals surface area contributed by atoms with Crippen LogP contribution in [-0.2, 0) is 14.3 Å². The minimum Gasteiger partial charge on any atom is -0.481 e. The maximum Gasteiger partial charge on any atom is 0.311 e. The second-order valence-electron chi connectivity index (χ2n) is 7.18. The van der Waals surface area contributed by atoms with Gasteiger partial charge in [-0.1, -0.05) is 13.8 Å². The summed E-state index contributed by atoms with van der Waals surface area (Å²) in [6, 6.07) is 0.489. The lowest BCUT2D eigenvalue weighted by Crippen LogP contribution is -2.46. The molecule has 2 heterocycles. The molecule has 1 aliphatic carbocycles. The fraction of sp³-hybridized carbons (Fsp3) is 0.938. The summed E-state index contributed by atoms with van der Waals surface area (Å²) in [5.74, 6) is -0.774. The molecule has 3 fully saturated rings. The molecule has 21 heavy (non-hydrogen) atoms. The molecule has 0 aromatic heterocycles. The summed E-state index contributed by atoms with van der Waals surface area (Å²) < 4.78 is 11.5. The van der Waals surface area contributed by atoms with Gasteiger partial charge in [-0.15, -0.1) is 0 Å². The van der Waals surface area contributed by atoms with Gasteiger partial charge in [-0.3, -0.25) is 9.69 Å². The Hall–Kier alpha value is -0.650. The van der Waals surface area contributed by atoms with Gasteiger partial charge in [0.25, 0.3) is 0 Å². The van der Waals surface area contributed by atoms with Crippen molar-refractivity contribution >= 4 is 5.97 Å². The number of rotatable bonds is 3. The first-order valence-electron chi connectivity index (χ1n) is 8.23. The normalized spacial score (nSPS) is 34.0. The van der Waals surface area contributed by atoms with Crippen LogP contribution in [0.25, 0.3) is 0 Å². The molecule has 1 spiro atoms. The topological polar surface area (TPSA) is 59.0 Å². The molecule has 0 aromatic rings. The van der Waals surface area contributed by atoms with Crippen LogP contribution >= 0.6 is 0 Å². The van der Waals surface area contributed by atoms with E-state index >= 15 is 0 Å². The number of carboxylic acids is 1. The van der Waals surface area contributed by atoms with E-state index in [0.717, 1.165) is 38.6 Å². The Morgan fingerprint density at radius 1 is 1.19 bits per heavy atom. The van der Waals surface area contributed by atoms with E-state index in [4.69, 9.17) is 9.47 Å². The predicted octanol–water partition coefficient (Wildman–Crippen LogP) is 2.10. The highest BCUT2D eigenvalue weighted by Crippen LogP contribution is 2.43. The van der Waals surface area contributed by atoms with Gasteiger partial charge < -0.3 is 14.6 Å². The Morgan fingerprint density at radius 2 is 1.81 bits per heavy atom. The van der Waals surface area contributed by atoms with Crippen molar-refractivity contribution in [1.82, 2.24) is 4.90 Å². The van der Waals surface area contributed by atoms with Gasteiger partial charge in [-0.25, -0.2) is 0 Å². The van der Waals surface area contributed by atoms with E-state index < -0.39 is 11.4 Å². The van der Waals surface area contributed by atoms with Crippen molar-refractivity contribution in [1.29, 1.82) is 0 Å². The predicted molar refractivity (Wildman–Crippen MR) is 78.0 cm³/mol. The molecule has 5 nitrogen and oxygen atoms in total. The number of likely N-dealkylation sites (tertiary alicyclic amines) is 1. The average molecular weight is 297 g/mol. The summed E-state index contributed by atoms with van der Waals surface area (Å²) >= 11 is 0. The molecular formula is C16H27NO4. The minimum absolute atomic E-state index is 0.177. The van der Waals surface area contributed by atoms with Crippen LogP contribution in [0.5, 0.6) is 0 Å². The van der Waals surface area contributed by atoms with E-state index in [0.29, 0.717) is 25.8 Å². The van der Waals surface area contributed by atoms with Crippen LogP contribution in [0.2, 0.25) is 0 Å². The van der Waals surface area contributed by atoms with Crippen LogP contribution in [-0.4, -0.2) is 54.1 Å². The summed E-state index contributed by atoms with van der Waals surface area (Å²) in [6.07, 6.45) is 4.75. The summed E-state index contributed by atoms with van der Waals surface area (Å²) in [5, 5.41) is 9.65. The molecule has 3 aliphatic rings. The monoisotopic (exact) mass is 297 g/mol. The highest BCUT2D eigenvalue weighted by atomic mass is 16.7. The zero-order valence-corrected chi connectivity index (χ0v) is 13.1. The summed E-state index contributed by atoms with van der Waals surface area (Å²) in [7, 11) is 0. The van der Waals surface area contributed by atoms with Crippen molar-refractivity contribution < 1.29 is 19.4 Å². The first-order valence-corrected chi connectivity index (χ1v) is 8.23. The smallest absolute Gasteiger partial charge is 0.311 e. The van der Waals surface area contributed by atoms with Gasteiger partial charge >= 0.3 is 5.97 Å². The molecule has 1 atom stereocenters. The van der Waals surface area contributed by atoms with Gasteiger partial charge in [-0.2, -0.15) is 0 Å². The van der Waals surface area contributed by atoms with Crippen molar-refractivity contribution in [3.8, 4) is 0 Å². The number of aliphatic carboxylic acids is 1. The van der Waals surface area contributed by atoms with Gasteiger partial charge in [0.2, 0.25) is 0 Å². The molecule has 0 aromatic carbocycles. The SMILES string of the molecule is CC(C)C1(C(=O)O)CCN(C2CCC3(CC2)OCCO3)C1. The second-order valence-corrected chi connectivity index (χ2v) is 7.18. The summed E-state index contributed by atoms with van der Waals surface area (Å²) in [4.78, 5) is 14.1. The third-order valence-corrected chi connectivity index (χ3v) is 5.91. The van der Waals surface area contributed by atoms with Crippen molar-refractivity contribution in [3.63, 3.8) is 0 Å². The maximum atomic E-state index is 11.7. The van der Waals surface area contributed by atoms with Gasteiger partial charge in [0.1, 0.15) is 0 Å². The van der Waals surface area contributed by atoms with Crippen LogP contribution in [0.3, 0.4) is 0 Å². The van der Waals surface area contributed by atoms with Gasteiger partial charge in [0.15, 0.2) is 5.79 Å². The molecule has 3 rings (SSSR count). The van der Waals surface area contributed by atoms with Crippen molar-refractivity contribution in [2.75, 3.05) is 26.3 Å². The van der Waals surface area contributed by atoms with Crippen LogP contribution in [0, 0.1) is 11.3 Å². The average Bonchev–Trinajstić information content (AvgIpc) is 3.08. The summed E-state index contributed by atoms with van der Waals surface area (Å²) in [6.45, 7) is 7.10. The van der Waals surface area contributed by atoms with Crippen molar-refractivity contribution in [2.45, 2.75) is 57.8 Å². The summed E-state index contributed by atoms with van der Waals surface area (Å²) in [5.41, 5.74) is -0.560. The quantitative estimate of drug-likeness (QED) is 0.864. The molecular weight excluding hydrogens is 270 g/mol. The van der Waals surface area contributed by atoms with E-state index in [1.807, 2.05) is 13.8 Å². The first-order chi connectivity index (χ1) is 9.97. The number of hydrogen-bond donors (Lipinski definition) is 1. The van der Waals surface area contributed by atoms with Gasteiger partial charge in [0.05, 0.1) is 18.6 Å². The molecule has 1 unspecified atom stereocenters. The highest BCUT2D eigenvalue weighted by Gasteiger charge is 2.50. The van der Waals surface area contributed by atoms with E-state index in [1.165, 1.54) is 0 Å². The Kier molecular flexibility index (Phi) is 4.01. The molecule has 2 aliphatic heterocycles. The molecule has 1 saturated carbocycles. The lowest BCUT2D eigenvalue weighted by Gasteiger charge is -2.39. The Morgan fingerprint density at radius 3 is 2.29 bits per heavy atom. The molecule has 5 heteroatoms. The highest BCUT2D eigenvalue weighted by molar-refractivity contribution is 5.75. The third kappa shape index (κ3) is 2.60. The number of nitrogens with zero attached hydrogens (tertiary/aromatic N) is 1. The lowest BCUT2D eigenvalue weighted by atomic mass is 9.76. The number of hydrogen-bond acceptors (Lipinski definition) is 4. The van der Waals surface area contributed by atoms with Crippen molar-refractivity contribution in [3.05, 3.63) is 0 Å². The fourth-order valence-corrected chi connectivity index (χ4v) is 4.26. The minimum atomic E-state index is -0.630. The van der Waals surface area contributed by atoms with Gasteiger partial charge in [-0.05, 0) is 31.7 Å². The number of carbonyl (C=O) groups is 1. The van der Waals surface area contributed by atoms with Crippen molar-refractivity contribution in [2.24, 2.45) is 11.3 Å². The Balaban J connectivity index is 1.61. The van der Waals surface area contributed by atoms with Crippen LogP contribution in [0.1, 0.15) is 46.0 Å². The zero-order valence-electron chi connectivity index (χ0n) is 13.1. The molecule has 0 amide bonds. The van der Waals surface area contributed by atoms with E-state index in [2.05, 4.69) is 4.90 Å². The molecule has 120 valence electrons. The largest absolute Gasteiger partial charge is 0.481 e. The molecule has 0 radical (unpaired) electrons. The van der Waals surface area contributed by atoms with Crippen LogP contribution < -0.4 is 0 Å². The lowest BCUT2D eigenvalue weighted by molar-refractivity contribution is -0.184. The van der Waals surface area contributed by atoms with E-state index in [1.54, 1.807) is 0 Å². The number of carboxylic acid groups (broad SMARTS) is 1. The number of ether oxygens (including phenoxy) is 2. The fourth-order valence-electron chi connectivity index (χ4n) is 4.26. The third-order valence-electron chi connectivity index (χ3n) is 5.91.